The van der Waals surface area contributed by atoms with Gasteiger partial charge in [0.15, 0.2) is 11.5 Å². The normalized spacial score (nSPS) is 13.9. The van der Waals surface area contributed by atoms with Crippen molar-refractivity contribution in [1.82, 2.24) is 4.98 Å². The molecule has 6 nitrogen and oxygen atoms in total. The summed E-state index contributed by atoms with van der Waals surface area (Å²) in [6.07, 6.45) is 0.756. The molecular formula is C15H18N2O4. The summed E-state index contributed by atoms with van der Waals surface area (Å²) in [6, 6.07) is 1.82. The molecule has 0 atom stereocenters. The molecule has 2 N–H and O–H groups in total. The Bertz CT molecular complexity index is 695. The second kappa shape index (κ2) is 5.29. The zero-order chi connectivity index (χ0) is 15.0. The number of hydrogen-bond donors (Lipinski definition) is 1. The van der Waals surface area contributed by atoms with Crippen molar-refractivity contribution in [2.75, 3.05) is 33.7 Å². The first-order valence-corrected chi connectivity index (χ1v) is 6.68. The van der Waals surface area contributed by atoms with Gasteiger partial charge in [0, 0.05) is 18.1 Å². The van der Waals surface area contributed by atoms with Crippen molar-refractivity contribution in [1.29, 1.82) is 0 Å². The molecule has 3 rings (SSSR count). The number of benzene rings is 1. The predicted octanol–water partition coefficient (Wildman–Crippen LogP) is 1.92. The van der Waals surface area contributed by atoms with Crippen molar-refractivity contribution >= 4 is 16.6 Å². The fourth-order valence-corrected chi connectivity index (χ4v) is 2.72. The minimum Gasteiger partial charge on any atom is -0.493 e. The molecule has 0 spiro atoms. The lowest BCUT2D eigenvalue weighted by molar-refractivity contribution is 0.110. The van der Waals surface area contributed by atoms with Crippen LogP contribution in [-0.4, -0.2) is 32.9 Å². The van der Waals surface area contributed by atoms with Crippen LogP contribution in [0.2, 0.25) is 0 Å². The van der Waals surface area contributed by atoms with E-state index in [9.17, 15) is 0 Å². The Morgan fingerprint density at radius 3 is 2.57 bits per heavy atom. The highest BCUT2D eigenvalue weighted by Gasteiger charge is 2.23. The molecule has 0 saturated carbocycles. The van der Waals surface area contributed by atoms with Crippen molar-refractivity contribution in [2.24, 2.45) is 0 Å². The standard InChI is InChI=1S/C15H18N2O4/c1-18-11-6-10-12(15(20-3)14(11)19-2)13(16)8-7-21-5-4-9(8)17-10/h6H,4-5,7H2,1-3H3,(H2,16,17). The maximum Gasteiger partial charge on any atom is 0.204 e. The van der Waals surface area contributed by atoms with Gasteiger partial charge < -0.3 is 24.7 Å². The highest BCUT2D eigenvalue weighted by Crippen LogP contribution is 2.46. The van der Waals surface area contributed by atoms with Crippen molar-refractivity contribution in [3.8, 4) is 17.2 Å². The molecular weight excluding hydrogens is 272 g/mol. The van der Waals surface area contributed by atoms with E-state index >= 15 is 0 Å². The van der Waals surface area contributed by atoms with Gasteiger partial charge in [-0.15, -0.1) is 0 Å². The zero-order valence-electron chi connectivity index (χ0n) is 12.4. The molecule has 2 heterocycles. The second-order valence-corrected chi connectivity index (χ2v) is 4.79. The van der Waals surface area contributed by atoms with Crippen molar-refractivity contribution < 1.29 is 18.9 Å². The van der Waals surface area contributed by atoms with Crippen LogP contribution >= 0.6 is 0 Å². The number of fused-ring (bicyclic) bond motifs is 2. The van der Waals surface area contributed by atoms with Crippen LogP contribution in [0.1, 0.15) is 11.3 Å². The van der Waals surface area contributed by atoms with Gasteiger partial charge in [-0.25, -0.2) is 0 Å². The topological polar surface area (TPSA) is 75.8 Å². The summed E-state index contributed by atoms with van der Waals surface area (Å²) in [5, 5.41) is 0.736. The van der Waals surface area contributed by atoms with E-state index in [4.69, 9.17) is 29.7 Å². The smallest absolute Gasteiger partial charge is 0.204 e. The van der Waals surface area contributed by atoms with Crippen LogP contribution in [0.15, 0.2) is 6.07 Å². The third-order valence-corrected chi connectivity index (χ3v) is 3.74. The summed E-state index contributed by atoms with van der Waals surface area (Å²) in [7, 11) is 4.72. The number of rotatable bonds is 3. The van der Waals surface area contributed by atoms with Gasteiger partial charge in [0.25, 0.3) is 0 Å². The van der Waals surface area contributed by atoms with Crippen molar-refractivity contribution in [3.05, 3.63) is 17.3 Å². The lowest BCUT2D eigenvalue weighted by Crippen LogP contribution is -2.15. The van der Waals surface area contributed by atoms with E-state index in [0.29, 0.717) is 36.1 Å². The fourth-order valence-electron chi connectivity index (χ4n) is 2.72. The summed E-state index contributed by atoms with van der Waals surface area (Å²) in [4.78, 5) is 4.69. The van der Waals surface area contributed by atoms with Crippen LogP contribution in [0, 0.1) is 0 Å². The molecule has 0 unspecified atom stereocenters. The monoisotopic (exact) mass is 290 g/mol. The average molecular weight is 290 g/mol. The third-order valence-electron chi connectivity index (χ3n) is 3.74. The summed E-state index contributed by atoms with van der Waals surface area (Å²) < 4.78 is 21.7. The maximum absolute atomic E-state index is 6.33. The molecule has 112 valence electrons. The van der Waals surface area contributed by atoms with Gasteiger partial charge >= 0.3 is 0 Å². The predicted molar refractivity (Wildman–Crippen MR) is 79.2 cm³/mol. The molecule has 1 aliphatic rings. The van der Waals surface area contributed by atoms with Crippen LogP contribution < -0.4 is 19.9 Å². The first-order chi connectivity index (χ1) is 10.2. The average Bonchev–Trinajstić information content (AvgIpc) is 2.53. The Hall–Kier alpha value is -2.21. The Morgan fingerprint density at radius 2 is 1.90 bits per heavy atom. The number of nitrogens with zero attached hydrogens (tertiary/aromatic N) is 1. The van der Waals surface area contributed by atoms with Crippen LogP contribution in [0.3, 0.4) is 0 Å². The number of nitrogens with two attached hydrogens (primary N) is 1. The molecule has 0 fully saturated rings. The number of pyridine rings is 1. The van der Waals surface area contributed by atoms with Crippen LogP contribution in [0.5, 0.6) is 17.2 Å². The fraction of sp³-hybridized carbons (Fsp3) is 0.400. The van der Waals surface area contributed by atoms with E-state index in [1.165, 1.54) is 0 Å². The second-order valence-electron chi connectivity index (χ2n) is 4.79. The lowest BCUT2D eigenvalue weighted by Gasteiger charge is -2.21. The van der Waals surface area contributed by atoms with Gasteiger partial charge in [-0.1, -0.05) is 0 Å². The Kier molecular flexibility index (Phi) is 3.47. The zero-order valence-corrected chi connectivity index (χ0v) is 12.4. The van der Waals surface area contributed by atoms with Gasteiger partial charge in [0.05, 0.1) is 56.8 Å². The van der Waals surface area contributed by atoms with Gasteiger partial charge in [-0.3, -0.25) is 4.98 Å². The maximum atomic E-state index is 6.33. The number of ether oxygens (including phenoxy) is 4. The summed E-state index contributed by atoms with van der Waals surface area (Å²) >= 11 is 0. The molecule has 0 radical (unpaired) electrons. The first-order valence-electron chi connectivity index (χ1n) is 6.68. The molecule has 0 aliphatic carbocycles. The number of methoxy groups -OCH3 is 3. The van der Waals surface area contributed by atoms with Gasteiger partial charge in [0.1, 0.15) is 0 Å². The molecule has 1 aromatic heterocycles. The van der Waals surface area contributed by atoms with Crippen molar-refractivity contribution in [2.45, 2.75) is 13.0 Å². The summed E-state index contributed by atoms with van der Waals surface area (Å²) in [5.41, 5.74) is 9.61. The van der Waals surface area contributed by atoms with E-state index < -0.39 is 0 Å². The van der Waals surface area contributed by atoms with E-state index in [2.05, 4.69) is 0 Å². The van der Waals surface area contributed by atoms with Crippen LogP contribution in [0.25, 0.3) is 10.9 Å². The van der Waals surface area contributed by atoms with E-state index in [1.54, 1.807) is 21.3 Å². The molecule has 0 amide bonds. The van der Waals surface area contributed by atoms with Crippen LogP contribution in [-0.2, 0) is 17.8 Å². The minimum absolute atomic E-state index is 0.474. The highest BCUT2D eigenvalue weighted by atomic mass is 16.5. The largest absolute Gasteiger partial charge is 0.493 e. The molecule has 1 aromatic carbocycles. The Balaban J connectivity index is 2.40. The SMILES string of the molecule is COc1cc2nc3c(c(N)c2c(OC)c1OC)COCC3. The molecule has 6 heteroatoms. The molecule has 1 aliphatic heterocycles. The van der Waals surface area contributed by atoms with E-state index in [0.717, 1.165) is 28.6 Å². The summed E-state index contributed by atoms with van der Waals surface area (Å²) in [5.74, 6) is 1.61. The molecule has 21 heavy (non-hydrogen) atoms. The molecule has 0 bridgehead atoms. The van der Waals surface area contributed by atoms with Gasteiger partial charge in [-0.2, -0.15) is 0 Å². The lowest BCUT2D eigenvalue weighted by atomic mass is 10.0. The quantitative estimate of drug-likeness (QED) is 0.930. The number of anilines is 1. The van der Waals surface area contributed by atoms with Gasteiger partial charge in [-0.05, 0) is 0 Å². The Morgan fingerprint density at radius 1 is 1.14 bits per heavy atom. The number of hydrogen-bond acceptors (Lipinski definition) is 6. The third kappa shape index (κ3) is 2.03. The molecule has 2 aromatic rings. The van der Waals surface area contributed by atoms with E-state index in [-0.39, 0.29) is 0 Å². The van der Waals surface area contributed by atoms with Gasteiger partial charge in [0.2, 0.25) is 5.75 Å². The minimum atomic E-state index is 0.474. The Labute approximate surface area is 122 Å². The number of nitrogen functional groups attached to an aromatic ring is 1. The van der Waals surface area contributed by atoms with Crippen LogP contribution in [0.4, 0.5) is 5.69 Å². The highest BCUT2D eigenvalue weighted by molar-refractivity contribution is 6.00. The van der Waals surface area contributed by atoms with E-state index in [1.807, 2.05) is 6.07 Å². The van der Waals surface area contributed by atoms with Crippen molar-refractivity contribution in [3.63, 3.8) is 0 Å². The summed E-state index contributed by atoms with van der Waals surface area (Å²) in [6.45, 7) is 1.14. The number of aromatic nitrogens is 1. The first kappa shape index (κ1) is 13.8. The molecule has 0 saturated heterocycles.